The first-order valence-electron chi connectivity index (χ1n) is 11.4. The van der Waals surface area contributed by atoms with Crippen LogP contribution in [0.4, 0.5) is 4.79 Å². The van der Waals surface area contributed by atoms with Crippen molar-refractivity contribution in [2.45, 2.75) is 75.8 Å². The first-order chi connectivity index (χ1) is 14.1. The third-order valence-corrected chi connectivity index (χ3v) is 7.46. The number of amides is 3. The van der Waals surface area contributed by atoms with Gasteiger partial charge in [-0.05, 0) is 69.1 Å². The highest BCUT2D eigenvalue weighted by atomic mass is 16.5. The van der Waals surface area contributed by atoms with E-state index in [0.717, 1.165) is 49.9 Å². The number of hydrogen-bond acceptors (Lipinski definition) is 4. The smallest absolute Gasteiger partial charge is 0.315 e. The Hall–Kier alpha value is -1.81. The minimum Gasteiger partial charge on any atom is -0.381 e. The van der Waals surface area contributed by atoms with Crippen molar-refractivity contribution in [3.05, 3.63) is 0 Å². The Kier molecular flexibility index (Phi) is 6.29. The Balaban J connectivity index is 1.23. The van der Waals surface area contributed by atoms with Gasteiger partial charge in [-0.15, -0.1) is 0 Å². The molecule has 0 spiro atoms. The minimum absolute atomic E-state index is 0.0101. The molecule has 3 amide bonds. The van der Waals surface area contributed by atoms with Gasteiger partial charge in [0, 0.05) is 44.3 Å². The lowest BCUT2D eigenvalue weighted by Gasteiger charge is -2.56. The second-order valence-electron chi connectivity index (χ2n) is 9.67. The molecule has 5 aliphatic rings. The summed E-state index contributed by atoms with van der Waals surface area (Å²) in [7, 11) is 0. The Morgan fingerprint density at radius 3 is 2.28 bits per heavy atom. The van der Waals surface area contributed by atoms with Crippen LogP contribution in [0, 0.1) is 29.1 Å². The second-order valence-corrected chi connectivity index (χ2v) is 9.67. The maximum atomic E-state index is 12.7. The lowest BCUT2D eigenvalue weighted by atomic mass is 9.53. The highest BCUT2D eigenvalue weighted by molar-refractivity contribution is 5.79. The molecule has 2 N–H and O–H groups in total. The Morgan fingerprint density at radius 2 is 1.69 bits per heavy atom. The summed E-state index contributed by atoms with van der Waals surface area (Å²) in [6, 6.07) is 2.15. The van der Waals surface area contributed by atoms with Crippen LogP contribution < -0.4 is 10.6 Å². The van der Waals surface area contributed by atoms with Crippen LogP contribution >= 0.6 is 0 Å². The van der Waals surface area contributed by atoms with Gasteiger partial charge in [0.1, 0.15) is 0 Å². The minimum atomic E-state index is -0.130. The average Bonchev–Trinajstić information content (AvgIpc) is 2.67. The number of ether oxygens (including phenoxy) is 1. The zero-order valence-corrected chi connectivity index (χ0v) is 17.3. The van der Waals surface area contributed by atoms with Crippen molar-refractivity contribution in [1.29, 1.82) is 5.26 Å². The summed E-state index contributed by atoms with van der Waals surface area (Å²) in [5.41, 5.74) is -0.0101. The van der Waals surface area contributed by atoms with Gasteiger partial charge in [0.05, 0.1) is 12.5 Å². The van der Waals surface area contributed by atoms with Crippen LogP contribution in [-0.2, 0) is 9.53 Å². The highest BCUT2D eigenvalue weighted by Gasteiger charge is 2.51. The lowest BCUT2D eigenvalue weighted by Crippen LogP contribution is -2.61. The van der Waals surface area contributed by atoms with Gasteiger partial charge in [-0.2, -0.15) is 5.26 Å². The fourth-order valence-electron chi connectivity index (χ4n) is 6.65. The zero-order valence-electron chi connectivity index (χ0n) is 17.3. The number of carbonyl (C=O) groups is 2. The van der Waals surface area contributed by atoms with E-state index in [0.29, 0.717) is 32.7 Å². The molecule has 5 fully saturated rings. The van der Waals surface area contributed by atoms with Gasteiger partial charge < -0.3 is 20.3 Å². The predicted octanol–water partition coefficient (Wildman–Crippen LogP) is 2.57. The molecule has 7 nitrogen and oxygen atoms in total. The van der Waals surface area contributed by atoms with Crippen molar-refractivity contribution in [2.24, 2.45) is 17.8 Å². The molecule has 0 aromatic carbocycles. The molecule has 29 heavy (non-hydrogen) atoms. The Bertz CT molecular complexity index is 618. The molecule has 0 radical (unpaired) electrons. The summed E-state index contributed by atoms with van der Waals surface area (Å²) in [6.07, 6.45) is 9.66. The molecule has 160 valence electrons. The van der Waals surface area contributed by atoms with Crippen molar-refractivity contribution in [1.82, 2.24) is 15.5 Å². The zero-order chi connectivity index (χ0) is 20.3. The van der Waals surface area contributed by atoms with Crippen LogP contribution in [0.25, 0.3) is 0 Å². The molecule has 1 saturated heterocycles. The Labute approximate surface area is 173 Å². The molecule has 4 bridgehead atoms. The SMILES string of the molecule is N#CCCN(C(=O)CCNC(=O)NC12CC3CC(CC(C3)C1)C2)C1CCOCC1. The van der Waals surface area contributed by atoms with Crippen molar-refractivity contribution in [2.75, 3.05) is 26.3 Å². The van der Waals surface area contributed by atoms with Crippen LogP contribution in [-0.4, -0.2) is 54.7 Å². The summed E-state index contributed by atoms with van der Waals surface area (Å²) in [5, 5.41) is 15.1. The van der Waals surface area contributed by atoms with E-state index in [2.05, 4.69) is 16.7 Å². The van der Waals surface area contributed by atoms with E-state index in [-0.39, 0.29) is 29.9 Å². The largest absolute Gasteiger partial charge is 0.381 e. The lowest BCUT2D eigenvalue weighted by molar-refractivity contribution is -0.135. The summed E-state index contributed by atoms with van der Waals surface area (Å²) in [5.74, 6) is 2.38. The molecule has 0 aromatic rings. The molecule has 5 rings (SSSR count). The number of urea groups is 1. The first-order valence-corrected chi connectivity index (χ1v) is 11.4. The Morgan fingerprint density at radius 1 is 1.07 bits per heavy atom. The van der Waals surface area contributed by atoms with Gasteiger partial charge in [-0.25, -0.2) is 4.79 Å². The molecule has 4 saturated carbocycles. The summed E-state index contributed by atoms with van der Waals surface area (Å²) < 4.78 is 5.39. The van der Waals surface area contributed by atoms with Crippen LogP contribution in [0.1, 0.15) is 64.2 Å². The number of nitrogens with one attached hydrogen (secondary N) is 2. The van der Waals surface area contributed by atoms with E-state index in [4.69, 9.17) is 10.00 Å². The highest BCUT2D eigenvalue weighted by Crippen LogP contribution is 2.55. The van der Waals surface area contributed by atoms with Crippen molar-refractivity contribution in [3.8, 4) is 6.07 Å². The van der Waals surface area contributed by atoms with E-state index in [9.17, 15) is 9.59 Å². The van der Waals surface area contributed by atoms with E-state index in [1.54, 1.807) is 0 Å². The number of rotatable bonds is 7. The third-order valence-electron chi connectivity index (χ3n) is 7.46. The molecule has 0 unspecified atom stereocenters. The van der Waals surface area contributed by atoms with Crippen LogP contribution in [0.5, 0.6) is 0 Å². The number of hydrogen-bond donors (Lipinski definition) is 2. The quantitative estimate of drug-likeness (QED) is 0.684. The molecule has 1 aliphatic heterocycles. The average molecular weight is 403 g/mol. The molecular formula is C22H34N4O3. The van der Waals surface area contributed by atoms with Crippen molar-refractivity contribution in [3.63, 3.8) is 0 Å². The summed E-state index contributed by atoms with van der Waals surface area (Å²) in [6.45, 7) is 2.11. The number of nitrogens with zero attached hydrogens (tertiary/aromatic N) is 2. The standard InChI is InChI=1S/C22H34N4O3/c23-5-1-7-26(19-3-8-29-9-4-19)20(27)2-6-24-21(28)25-22-13-16-10-17(14-22)12-18(11-16)15-22/h16-19H,1-4,6-15H2,(H2,24,25,28). The van der Waals surface area contributed by atoms with E-state index < -0.39 is 0 Å². The molecule has 7 heteroatoms. The van der Waals surface area contributed by atoms with Crippen molar-refractivity contribution >= 4 is 11.9 Å². The van der Waals surface area contributed by atoms with E-state index in [1.807, 2.05) is 4.90 Å². The molecular weight excluding hydrogens is 368 g/mol. The number of nitriles is 1. The predicted molar refractivity (Wildman–Crippen MR) is 108 cm³/mol. The number of carbonyl (C=O) groups excluding carboxylic acids is 2. The van der Waals surface area contributed by atoms with Gasteiger partial charge in [-0.1, -0.05) is 0 Å². The fraction of sp³-hybridized carbons (Fsp3) is 0.864. The van der Waals surface area contributed by atoms with Crippen molar-refractivity contribution < 1.29 is 14.3 Å². The second kappa shape index (κ2) is 8.91. The van der Waals surface area contributed by atoms with Gasteiger partial charge in [0.15, 0.2) is 0 Å². The molecule has 0 aromatic heterocycles. The first kappa shape index (κ1) is 20.5. The maximum Gasteiger partial charge on any atom is 0.315 e. The van der Waals surface area contributed by atoms with E-state index >= 15 is 0 Å². The topological polar surface area (TPSA) is 94.5 Å². The third kappa shape index (κ3) is 4.85. The van der Waals surface area contributed by atoms with Gasteiger partial charge in [0.2, 0.25) is 5.91 Å². The van der Waals surface area contributed by atoms with E-state index in [1.165, 1.54) is 19.3 Å². The maximum absolute atomic E-state index is 12.7. The van der Waals surface area contributed by atoms with Crippen LogP contribution in [0.3, 0.4) is 0 Å². The van der Waals surface area contributed by atoms with Gasteiger partial charge >= 0.3 is 6.03 Å². The summed E-state index contributed by atoms with van der Waals surface area (Å²) in [4.78, 5) is 27.1. The fourth-order valence-corrected chi connectivity index (χ4v) is 6.65. The molecule has 4 aliphatic carbocycles. The molecule has 0 atom stereocenters. The summed E-state index contributed by atoms with van der Waals surface area (Å²) >= 11 is 0. The molecule has 1 heterocycles. The normalized spacial score (nSPS) is 33.1. The van der Waals surface area contributed by atoms with Gasteiger partial charge in [-0.3, -0.25) is 4.79 Å². The van der Waals surface area contributed by atoms with Crippen LogP contribution in [0.15, 0.2) is 0 Å². The monoisotopic (exact) mass is 402 g/mol. The van der Waals surface area contributed by atoms with Crippen LogP contribution in [0.2, 0.25) is 0 Å². The van der Waals surface area contributed by atoms with Gasteiger partial charge in [0.25, 0.3) is 0 Å².